The molecule has 5 nitrogen and oxygen atoms in total. The van der Waals surface area contributed by atoms with E-state index in [0.717, 1.165) is 23.9 Å². The highest BCUT2D eigenvalue weighted by Gasteiger charge is 2.17. The Kier molecular flexibility index (Phi) is 5.60. The van der Waals surface area contributed by atoms with Gasteiger partial charge in [-0.1, -0.05) is 31.5 Å². The Balaban J connectivity index is 1.98. The number of nitrogens with zero attached hydrogens (tertiary/aromatic N) is 1. The van der Waals surface area contributed by atoms with Crippen LogP contribution in [0.15, 0.2) is 48.5 Å². The summed E-state index contributed by atoms with van der Waals surface area (Å²) >= 11 is 0. The second-order valence-electron chi connectivity index (χ2n) is 6.58. The molecule has 0 amide bonds. The van der Waals surface area contributed by atoms with Gasteiger partial charge in [0.2, 0.25) is 0 Å². The molecule has 27 heavy (non-hydrogen) atoms. The first-order valence-electron chi connectivity index (χ1n) is 9.10. The number of fused-ring (bicyclic) bond motifs is 1. The van der Waals surface area contributed by atoms with Crippen molar-refractivity contribution in [2.75, 3.05) is 6.61 Å². The fourth-order valence-corrected chi connectivity index (χ4v) is 3.19. The Bertz CT molecular complexity index is 987. The average molecular weight is 365 g/mol. The smallest absolute Gasteiger partial charge is 0.307 e. The summed E-state index contributed by atoms with van der Waals surface area (Å²) in [6.45, 7) is 4.57. The monoisotopic (exact) mass is 365 g/mol. The first-order chi connectivity index (χ1) is 13.0. The lowest BCUT2D eigenvalue weighted by Crippen LogP contribution is -2.13. The number of ether oxygens (including phenoxy) is 1. The van der Waals surface area contributed by atoms with Crippen LogP contribution in [0.1, 0.15) is 41.4 Å². The summed E-state index contributed by atoms with van der Waals surface area (Å²) in [7, 11) is 0. The molecule has 2 aromatic carbocycles. The van der Waals surface area contributed by atoms with Crippen LogP contribution in [0.4, 0.5) is 0 Å². The van der Waals surface area contributed by atoms with Gasteiger partial charge in [-0.3, -0.25) is 14.2 Å². The second kappa shape index (κ2) is 8.08. The molecule has 3 aromatic rings. The summed E-state index contributed by atoms with van der Waals surface area (Å²) in [6, 6.07) is 14.5. The van der Waals surface area contributed by atoms with Gasteiger partial charge >= 0.3 is 5.97 Å². The molecule has 140 valence electrons. The Morgan fingerprint density at radius 1 is 1.11 bits per heavy atom. The topological polar surface area (TPSA) is 68.5 Å². The van der Waals surface area contributed by atoms with Crippen molar-refractivity contribution < 1.29 is 19.4 Å². The molecule has 0 radical (unpaired) electrons. The van der Waals surface area contributed by atoms with Crippen LogP contribution in [0, 0.1) is 6.92 Å². The van der Waals surface area contributed by atoms with Crippen molar-refractivity contribution in [1.29, 1.82) is 0 Å². The maximum Gasteiger partial charge on any atom is 0.307 e. The van der Waals surface area contributed by atoms with Crippen LogP contribution in [0.2, 0.25) is 0 Å². The Morgan fingerprint density at radius 3 is 2.63 bits per heavy atom. The van der Waals surface area contributed by atoms with Crippen LogP contribution < -0.4 is 4.74 Å². The van der Waals surface area contributed by atoms with Crippen LogP contribution >= 0.6 is 0 Å². The highest BCUT2D eigenvalue weighted by atomic mass is 16.5. The number of aromatic nitrogens is 1. The molecule has 0 unspecified atom stereocenters. The molecule has 0 aliphatic heterocycles. The van der Waals surface area contributed by atoms with E-state index in [1.165, 1.54) is 0 Å². The molecular formula is C22H23NO4. The lowest BCUT2D eigenvalue weighted by Gasteiger charge is -2.10. The normalized spacial score (nSPS) is 10.9. The molecule has 1 aromatic heterocycles. The minimum atomic E-state index is -0.892. The molecule has 3 rings (SSSR count). The number of aliphatic carboxylic acids is 1. The number of aryl methyl sites for hydroxylation is 1. The SMILES string of the molecule is CCCCOc1cccc(C(=O)n2c(C)cc3c(CC(=O)O)cccc32)c1. The number of carbonyl (C=O) groups is 2. The molecule has 1 N–H and O–H groups in total. The summed E-state index contributed by atoms with van der Waals surface area (Å²) in [4.78, 5) is 24.3. The number of benzene rings is 2. The lowest BCUT2D eigenvalue weighted by molar-refractivity contribution is -0.136. The van der Waals surface area contributed by atoms with E-state index in [-0.39, 0.29) is 12.3 Å². The van der Waals surface area contributed by atoms with Crippen molar-refractivity contribution in [2.45, 2.75) is 33.1 Å². The zero-order chi connectivity index (χ0) is 19.4. The largest absolute Gasteiger partial charge is 0.494 e. The van der Waals surface area contributed by atoms with E-state index in [9.17, 15) is 9.59 Å². The van der Waals surface area contributed by atoms with Crippen molar-refractivity contribution in [1.82, 2.24) is 4.57 Å². The van der Waals surface area contributed by atoms with E-state index in [1.807, 2.05) is 31.2 Å². The van der Waals surface area contributed by atoms with Gasteiger partial charge in [-0.2, -0.15) is 0 Å². The van der Waals surface area contributed by atoms with Crippen molar-refractivity contribution >= 4 is 22.8 Å². The Labute approximate surface area is 158 Å². The zero-order valence-electron chi connectivity index (χ0n) is 15.6. The van der Waals surface area contributed by atoms with Gasteiger partial charge < -0.3 is 9.84 Å². The fourth-order valence-electron chi connectivity index (χ4n) is 3.19. The van der Waals surface area contributed by atoms with Crippen LogP contribution in [-0.4, -0.2) is 28.2 Å². The summed E-state index contributed by atoms with van der Waals surface area (Å²) in [6.07, 6.45) is 1.94. The summed E-state index contributed by atoms with van der Waals surface area (Å²) in [5.74, 6) is -0.373. The van der Waals surface area contributed by atoms with E-state index < -0.39 is 5.97 Å². The van der Waals surface area contributed by atoms with Crippen molar-refractivity contribution in [2.24, 2.45) is 0 Å². The lowest BCUT2D eigenvalue weighted by atomic mass is 10.1. The number of carboxylic acid groups (broad SMARTS) is 1. The van der Waals surface area contributed by atoms with E-state index >= 15 is 0 Å². The maximum absolute atomic E-state index is 13.1. The van der Waals surface area contributed by atoms with E-state index in [2.05, 4.69) is 6.92 Å². The minimum Gasteiger partial charge on any atom is -0.494 e. The Hall–Kier alpha value is -3.08. The molecule has 0 spiro atoms. The summed E-state index contributed by atoms with van der Waals surface area (Å²) < 4.78 is 7.34. The first-order valence-corrected chi connectivity index (χ1v) is 9.10. The third kappa shape index (κ3) is 4.03. The number of hydrogen-bond donors (Lipinski definition) is 1. The van der Waals surface area contributed by atoms with Gasteiger partial charge in [0.1, 0.15) is 5.75 Å². The van der Waals surface area contributed by atoms with Crippen LogP contribution in [0.3, 0.4) is 0 Å². The van der Waals surface area contributed by atoms with Gasteiger partial charge in [0.25, 0.3) is 5.91 Å². The number of rotatable bonds is 7. The van der Waals surface area contributed by atoms with E-state index in [1.54, 1.807) is 28.8 Å². The average Bonchev–Trinajstić information content (AvgIpc) is 2.98. The van der Waals surface area contributed by atoms with Gasteiger partial charge in [-0.05, 0) is 49.2 Å². The molecule has 0 saturated heterocycles. The molecule has 0 fully saturated rings. The number of unbranched alkanes of at least 4 members (excludes halogenated alkanes) is 1. The molecule has 0 saturated carbocycles. The molecule has 0 bridgehead atoms. The van der Waals surface area contributed by atoms with E-state index in [0.29, 0.717) is 29.0 Å². The summed E-state index contributed by atoms with van der Waals surface area (Å²) in [5, 5.41) is 9.91. The summed E-state index contributed by atoms with van der Waals surface area (Å²) in [5.41, 5.74) is 2.72. The first kappa shape index (κ1) is 18.7. The van der Waals surface area contributed by atoms with Gasteiger partial charge in [0.05, 0.1) is 18.5 Å². The number of hydrogen-bond acceptors (Lipinski definition) is 3. The molecule has 1 heterocycles. The maximum atomic E-state index is 13.1. The van der Waals surface area contributed by atoms with Crippen LogP contribution in [0.25, 0.3) is 10.9 Å². The van der Waals surface area contributed by atoms with Crippen LogP contribution in [-0.2, 0) is 11.2 Å². The van der Waals surface area contributed by atoms with Gasteiger partial charge in [0.15, 0.2) is 0 Å². The Morgan fingerprint density at radius 2 is 1.89 bits per heavy atom. The van der Waals surface area contributed by atoms with Crippen molar-refractivity contribution in [3.05, 3.63) is 65.4 Å². The van der Waals surface area contributed by atoms with Crippen molar-refractivity contribution in [3.63, 3.8) is 0 Å². The quantitative estimate of drug-likeness (QED) is 0.628. The molecule has 0 atom stereocenters. The van der Waals surface area contributed by atoms with Gasteiger partial charge in [-0.25, -0.2) is 0 Å². The highest BCUT2D eigenvalue weighted by Crippen LogP contribution is 2.25. The fraction of sp³-hybridized carbons (Fsp3) is 0.273. The highest BCUT2D eigenvalue weighted by molar-refractivity contribution is 6.04. The number of carboxylic acids is 1. The molecule has 0 aliphatic rings. The molecule has 5 heteroatoms. The number of carbonyl (C=O) groups excluding carboxylic acids is 1. The molecular weight excluding hydrogens is 342 g/mol. The van der Waals surface area contributed by atoms with E-state index in [4.69, 9.17) is 9.84 Å². The van der Waals surface area contributed by atoms with Crippen LogP contribution in [0.5, 0.6) is 5.75 Å². The van der Waals surface area contributed by atoms with Crippen molar-refractivity contribution in [3.8, 4) is 5.75 Å². The third-order valence-electron chi connectivity index (χ3n) is 4.51. The standard InChI is InChI=1S/C22H23NO4/c1-3-4-11-27-18-9-5-8-17(13-18)22(26)23-15(2)12-19-16(14-21(24)25)7-6-10-20(19)23/h5-10,12-13H,3-4,11,14H2,1-2H3,(H,24,25). The second-order valence-corrected chi connectivity index (χ2v) is 6.58. The van der Waals surface area contributed by atoms with Gasteiger partial charge in [-0.15, -0.1) is 0 Å². The minimum absolute atomic E-state index is 0.0737. The third-order valence-corrected chi connectivity index (χ3v) is 4.51. The molecule has 0 aliphatic carbocycles. The predicted octanol–water partition coefficient (Wildman–Crippen LogP) is 4.44. The van der Waals surface area contributed by atoms with Gasteiger partial charge in [0, 0.05) is 16.6 Å². The predicted molar refractivity (Wildman–Crippen MR) is 105 cm³/mol. The zero-order valence-corrected chi connectivity index (χ0v) is 15.6.